The number of halogens is 1. The van der Waals surface area contributed by atoms with Gasteiger partial charge in [0.25, 0.3) is 0 Å². The van der Waals surface area contributed by atoms with Crippen LogP contribution in [-0.4, -0.2) is 21.7 Å². The molecule has 4 nitrogen and oxygen atoms in total. The Bertz CT molecular complexity index is 464. The maximum atomic E-state index is 12.7. The fourth-order valence-electron chi connectivity index (χ4n) is 1.50. The van der Waals surface area contributed by atoms with Crippen LogP contribution in [-0.2, 0) is 12.8 Å². The molecule has 0 aliphatic rings. The van der Waals surface area contributed by atoms with Crippen LogP contribution >= 0.6 is 0 Å². The zero-order chi connectivity index (χ0) is 12.1. The van der Waals surface area contributed by atoms with Gasteiger partial charge in [0.05, 0.1) is 0 Å². The van der Waals surface area contributed by atoms with E-state index in [0.29, 0.717) is 0 Å². The highest BCUT2D eigenvalue weighted by Crippen LogP contribution is 2.07. The molecule has 0 radical (unpaired) electrons. The van der Waals surface area contributed by atoms with Gasteiger partial charge < -0.3 is 5.32 Å². The number of aromatic nitrogens is 3. The number of nitrogens with zero attached hydrogens (tertiary/aromatic N) is 2. The minimum Gasteiger partial charge on any atom is -0.385 e. The smallest absolute Gasteiger partial charge is 0.150 e. The molecule has 1 heterocycles. The van der Waals surface area contributed by atoms with Crippen molar-refractivity contribution in [2.75, 3.05) is 11.9 Å². The summed E-state index contributed by atoms with van der Waals surface area (Å²) in [6.07, 6.45) is 1.60. The number of nitrogens with one attached hydrogen (secondary N) is 2. The van der Waals surface area contributed by atoms with Crippen LogP contribution in [0.15, 0.2) is 24.3 Å². The van der Waals surface area contributed by atoms with E-state index in [2.05, 4.69) is 20.5 Å². The third-order valence-electron chi connectivity index (χ3n) is 2.43. The van der Waals surface area contributed by atoms with Gasteiger partial charge in [-0.1, -0.05) is 6.92 Å². The Morgan fingerprint density at radius 3 is 2.71 bits per heavy atom. The third-order valence-corrected chi connectivity index (χ3v) is 2.43. The fraction of sp³-hybridized carbons (Fsp3) is 0.333. The summed E-state index contributed by atoms with van der Waals surface area (Å²) in [7, 11) is 0. The summed E-state index contributed by atoms with van der Waals surface area (Å²) in [5.41, 5.74) is 0.904. The van der Waals surface area contributed by atoms with Crippen LogP contribution in [0.25, 0.3) is 0 Å². The van der Waals surface area contributed by atoms with Crippen molar-refractivity contribution in [3.63, 3.8) is 0 Å². The summed E-state index contributed by atoms with van der Waals surface area (Å²) in [5.74, 6) is 1.48. The number of aryl methyl sites for hydroxylation is 1. The largest absolute Gasteiger partial charge is 0.385 e. The van der Waals surface area contributed by atoms with E-state index in [1.807, 2.05) is 6.92 Å². The average Bonchev–Trinajstić information content (AvgIpc) is 2.80. The molecule has 5 heteroatoms. The molecule has 0 saturated heterocycles. The van der Waals surface area contributed by atoms with Gasteiger partial charge in [-0.05, 0) is 24.3 Å². The molecule has 0 atom stereocenters. The highest BCUT2D eigenvalue weighted by molar-refractivity contribution is 5.42. The lowest BCUT2D eigenvalue weighted by molar-refractivity contribution is 0.628. The first-order chi connectivity index (χ1) is 8.28. The molecule has 0 aliphatic carbocycles. The standard InChI is InChI=1S/C12H15FN4/c1-2-11-15-12(17-16-11)7-8-14-10-5-3-9(13)4-6-10/h3-6,14H,2,7-8H2,1H3,(H,15,16,17). The van der Waals surface area contributed by atoms with Crippen molar-refractivity contribution in [3.05, 3.63) is 41.7 Å². The van der Waals surface area contributed by atoms with Gasteiger partial charge in [0.2, 0.25) is 0 Å². The predicted molar refractivity (Wildman–Crippen MR) is 64.4 cm³/mol. The van der Waals surface area contributed by atoms with Gasteiger partial charge in [0.15, 0.2) is 0 Å². The van der Waals surface area contributed by atoms with Gasteiger partial charge in [0.1, 0.15) is 17.5 Å². The van der Waals surface area contributed by atoms with Gasteiger partial charge in [-0.15, -0.1) is 0 Å². The molecular formula is C12H15FN4. The molecule has 0 unspecified atom stereocenters. The summed E-state index contributed by atoms with van der Waals surface area (Å²) in [6.45, 7) is 2.76. The van der Waals surface area contributed by atoms with Crippen LogP contribution in [0.1, 0.15) is 18.6 Å². The second kappa shape index (κ2) is 5.43. The monoisotopic (exact) mass is 234 g/mol. The molecule has 2 aromatic rings. The number of hydrogen-bond donors (Lipinski definition) is 2. The number of aromatic amines is 1. The quantitative estimate of drug-likeness (QED) is 0.833. The second-order valence-electron chi connectivity index (χ2n) is 3.74. The van der Waals surface area contributed by atoms with E-state index in [-0.39, 0.29) is 5.82 Å². The van der Waals surface area contributed by atoms with Crippen molar-refractivity contribution in [2.45, 2.75) is 19.8 Å². The Kier molecular flexibility index (Phi) is 3.69. The average molecular weight is 234 g/mol. The van der Waals surface area contributed by atoms with Crippen LogP contribution in [0.5, 0.6) is 0 Å². The summed E-state index contributed by atoms with van der Waals surface area (Å²) >= 11 is 0. The number of rotatable bonds is 5. The summed E-state index contributed by atoms with van der Waals surface area (Å²) in [6, 6.07) is 6.30. The maximum Gasteiger partial charge on any atom is 0.150 e. The minimum absolute atomic E-state index is 0.224. The van der Waals surface area contributed by atoms with E-state index >= 15 is 0 Å². The van der Waals surface area contributed by atoms with E-state index in [1.165, 1.54) is 12.1 Å². The predicted octanol–water partition coefficient (Wildman–Crippen LogP) is 2.16. The lowest BCUT2D eigenvalue weighted by atomic mass is 10.3. The zero-order valence-corrected chi connectivity index (χ0v) is 9.70. The maximum absolute atomic E-state index is 12.7. The van der Waals surface area contributed by atoms with Gasteiger partial charge >= 0.3 is 0 Å². The molecule has 0 spiro atoms. The van der Waals surface area contributed by atoms with E-state index in [4.69, 9.17) is 0 Å². The van der Waals surface area contributed by atoms with E-state index in [1.54, 1.807) is 12.1 Å². The first-order valence-corrected chi connectivity index (χ1v) is 5.67. The lowest BCUT2D eigenvalue weighted by Gasteiger charge is -2.04. The van der Waals surface area contributed by atoms with E-state index in [0.717, 1.165) is 36.7 Å². The molecular weight excluding hydrogens is 219 g/mol. The van der Waals surface area contributed by atoms with Crippen molar-refractivity contribution in [3.8, 4) is 0 Å². The molecule has 90 valence electrons. The van der Waals surface area contributed by atoms with Crippen molar-refractivity contribution in [2.24, 2.45) is 0 Å². The molecule has 2 rings (SSSR count). The third kappa shape index (κ3) is 3.27. The molecule has 0 saturated carbocycles. The van der Waals surface area contributed by atoms with Crippen molar-refractivity contribution in [1.82, 2.24) is 15.2 Å². The van der Waals surface area contributed by atoms with Gasteiger partial charge in [-0.2, -0.15) is 5.10 Å². The molecule has 1 aromatic carbocycles. The number of anilines is 1. The van der Waals surface area contributed by atoms with Crippen LogP contribution in [0.4, 0.5) is 10.1 Å². The van der Waals surface area contributed by atoms with Gasteiger partial charge in [0, 0.05) is 25.1 Å². The van der Waals surface area contributed by atoms with E-state index in [9.17, 15) is 4.39 Å². The van der Waals surface area contributed by atoms with Crippen LogP contribution in [0.3, 0.4) is 0 Å². The Labute approximate surface area is 99.3 Å². The molecule has 17 heavy (non-hydrogen) atoms. The van der Waals surface area contributed by atoms with Gasteiger partial charge in [-0.3, -0.25) is 5.10 Å². The van der Waals surface area contributed by atoms with Gasteiger partial charge in [-0.25, -0.2) is 9.37 Å². The number of hydrogen-bond acceptors (Lipinski definition) is 3. The first-order valence-electron chi connectivity index (χ1n) is 5.67. The van der Waals surface area contributed by atoms with Crippen LogP contribution in [0, 0.1) is 5.82 Å². The van der Waals surface area contributed by atoms with Crippen molar-refractivity contribution < 1.29 is 4.39 Å². The summed E-state index contributed by atoms with van der Waals surface area (Å²) in [4.78, 5) is 4.31. The summed E-state index contributed by atoms with van der Waals surface area (Å²) < 4.78 is 12.7. The number of H-pyrrole nitrogens is 1. The van der Waals surface area contributed by atoms with Crippen LogP contribution < -0.4 is 5.32 Å². The Balaban J connectivity index is 1.81. The molecule has 0 aliphatic heterocycles. The van der Waals surface area contributed by atoms with Crippen molar-refractivity contribution >= 4 is 5.69 Å². The normalized spacial score (nSPS) is 10.5. The zero-order valence-electron chi connectivity index (χ0n) is 9.70. The highest BCUT2D eigenvalue weighted by Gasteiger charge is 2.00. The van der Waals surface area contributed by atoms with Crippen molar-refractivity contribution in [1.29, 1.82) is 0 Å². The number of benzene rings is 1. The SMILES string of the molecule is CCc1n[nH]c(CCNc2ccc(F)cc2)n1. The fourth-order valence-corrected chi connectivity index (χ4v) is 1.50. The minimum atomic E-state index is -0.224. The Hall–Kier alpha value is -1.91. The molecule has 0 amide bonds. The topological polar surface area (TPSA) is 53.6 Å². The van der Waals surface area contributed by atoms with E-state index < -0.39 is 0 Å². The lowest BCUT2D eigenvalue weighted by Crippen LogP contribution is -2.06. The Morgan fingerprint density at radius 2 is 2.06 bits per heavy atom. The van der Waals surface area contributed by atoms with Crippen LogP contribution in [0.2, 0.25) is 0 Å². The molecule has 0 fully saturated rings. The Morgan fingerprint density at radius 1 is 1.29 bits per heavy atom. The first kappa shape index (κ1) is 11.6. The summed E-state index contributed by atoms with van der Waals surface area (Å²) in [5, 5.41) is 10.1. The second-order valence-corrected chi connectivity index (χ2v) is 3.74. The molecule has 1 aromatic heterocycles. The highest BCUT2D eigenvalue weighted by atomic mass is 19.1. The molecule has 0 bridgehead atoms. The molecule has 2 N–H and O–H groups in total.